The molecule has 3 heterocycles. The number of carbonyl (C=O) groups is 2. The predicted molar refractivity (Wildman–Crippen MR) is 157 cm³/mol. The maximum absolute atomic E-state index is 13.3. The fourth-order valence-corrected chi connectivity index (χ4v) is 5.97. The maximum atomic E-state index is 13.3. The Balaban J connectivity index is 1.34. The van der Waals surface area contributed by atoms with Crippen LogP contribution in [-0.4, -0.2) is 51.9 Å². The normalized spacial score (nSPS) is 19.4. The molecule has 0 saturated carbocycles. The van der Waals surface area contributed by atoms with Crippen molar-refractivity contribution in [3.63, 3.8) is 0 Å². The summed E-state index contributed by atoms with van der Waals surface area (Å²) < 4.78 is 0. The van der Waals surface area contributed by atoms with Crippen LogP contribution in [0.2, 0.25) is 0 Å². The second-order valence-corrected chi connectivity index (χ2v) is 11.1. The van der Waals surface area contributed by atoms with E-state index in [0.717, 1.165) is 50.1 Å². The summed E-state index contributed by atoms with van der Waals surface area (Å²) in [5.74, 6) is -0.895. The van der Waals surface area contributed by atoms with E-state index in [0.29, 0.717) is 35.6 Å². The Morgan fingerprint density at radius 3 is 2.27 bits per heavy atom. The third-order valence-electron chi connectivity index (χ3n) is 8.19. The van der Waals surface area contributed by atoms with E-state index in [2.05, 4.69) is 22.3 Å². The number of nitrogens with zero attached hydrogens (tertiary/aromatic N) is 4. The van der Waals surface area contributed by atoms with Crippen molar-refractivity contribution < 1.29 is 14.5 Å². The molecule has 2 amide bonds. The van der Waals surface area contributed by atoms with Crippen LogP contribution in [0.4, 0.5) is 17.1 Å². The van der Waals surface area contributed by atoms with Crippen LogP contribution in [0.5, 0.6) is 0 Å². The van der Waals surface area contributed by atoms with E-state index in [9.17, 15) is 19.7 Å². The van der Waals surface area contributed by atoms with Crippen molar-refractivity contribution >= 4 is 34.6 Å². The molecule has 0 aromatic heterocycles. The van der Waals surface area contributed by atoms with Crippen LogP contribution in [0.15, 0.2) is 71.7 Å². The van der Waals surface area contributed by atoms with Crippen LogP contribution in [0.25, 0.3) is 0 Å². The summed E-state index contributed by atoms with van der Waals surface area (Å²) in [7, 11) is 0. The number of piperidine rings is 1. The Morgan fingerprint density at radius 1 is 0.878 bits per heavy atom. The number of anilines is 1. The van der Waals surface area contributed by atoms with Gasteiger partial charge in [0.15, 0.2) is 0 Å². The smallest absolute Gasteiger partial charge is 0.269 e. The molecule has 0 aliphatic carbocycles. The van der Waals surface area contributed by atoms with Crippen LogP contribution in [0, 0.1) is 10.1 Å². The molecule has 6 rings (SSSR count). The Kier molecular flexibility index (Phi) is 7.61. The SMILES string of the molecule is O=C1Nc2ccc([N+](=O)[O-])cc2C1C(=Nc1ccc(CN2CCCC2)cc1)c1ccc(CN2CCCCC2=O)cc1. The second kappa shape index (κ2) is 11.6. The minimum Gasteiger partial charge on any atom is -0.338 e. The summed E-state index contributed by atoms with van der Waals surface area (Å²) in [6, 6.07) is 20.3. The zero-order valence-electron chi connectivity index (χ0n) is 22.9. The summed E-state index contributed by atoms with van der Waals surface area (Å²) in [5, 5.41) is 14.4. The van der Waals surface area contributed by atoms with Gasteiger partial charge in [0, 0.05) is 49.4 Å². The highest BCUT2D eigenvalue weighted by Gasteiger charge is 2.36. The zero-order chi connectivity index (χ0) is 28.3. The number of aliphatic imine (C=N–C) groups is 1. The number of carbonyl (C=O) groups excluding carboxylic acids is 2. The molecule has 9 nitrogen and oxygen atoms in total. The van der Waals surface area contributed by atoms with Crippen molar-refractivity contribution in [1.29, 1.82) is 0 Å². The van der Waals surface area contributed by atoms with Crippen LogP contribution >= 0.6 is 0 Å². The topological polar surface area (TPSA) is 108 Å². The molecule has 3 aromatic rings. The summed E-state index contributed by atoms with van der Waals surface area (Å²) in [6.45, 7) is 4.45. The molecule has 1 N–H and O–H groups in total. The lowest BCUT2D eigenvalue weighted by atomic mass is 9.90. The third kappa shape index (κ3) is 5.90. The van der Waals surface area contributed by atoms with Crippen molar-refractivity contribution in [2.45, 2.75) is 51.1 Å². The molecule has 1 atom stereocenters. The molecule has 210 valence electrons. The van der Waals surface area contributed by atoms with Gasteiger partial charge in [-0.05, 0) is 73.7 Å². The van der Waals surface area contributed by atoms with E-state index in [4.69, 9.17) is 4.99 Å². The van der Waals surface area contributed by atoms with Crippen LogP contribution in [0.3, 0.4) is 0 Å². The Hall–Kier alpha value is -4.37. The number of fused-ring (bicyclic) bond motifs is 1. The molecule has 2 saturated heterocycles. The molecular weight excluding hydrogens is 518 g/mol. The first-order chi connectivity index (χ1) is 19.9. The fourth-order valence-electron chi connectivity index (χ4n) is 5.97. The van der Waals surface area contributed by atoms with Crippen LogP contribution in [-0.2, 0) is 22.7 Å². The van der Waals surface area contributed by atoms with Gasteiger partial charge in [0.25, 0.3) is 5.69 Å². The summed E-state index contributed by atoms with van der Waals surface area (Å²) in [6.07, 6.45) is 5.02. The van der Waals surface area contributed by atoms with Crippen molar-refractivity contribution in [2.75, 3.05) is 25.0 Å². The van der Waals surface area contributed by atoms with Crippen molar-refractivity contribution in [2.24, 2.45) is 4.99 Å². The van der Waals surface area contributed by atoms with Gasteiger partial charge in [-0.2, -0.15) is 0 Å². The minimum atomic E-state index is -0.802. The molecule has 41 heavy (non-hydrogen) atoms. The molecule has 3 aliphatic heterocycles. The molecule has 0 spiro atoms. The van der Waals surface area contributed by atoms with E-state index in [1.54, 1.807) is 6.07 Å². The van der Waals surface area contributed by atoms with Crippen molar-refractivity contribution in [3.8, 4) is 0 Å². The van der Waals surface area contributed by atoms with Gasteiger partial charge in [-0.3, -0.25) is 29.6 Å². The molecule has 2 fully saturated rings. The summed E-state index contributed by atoms with van der Waals surface area (Å²) in [5.41, 5.74) is 5.22. The lowest BCUT2D eigenvalue weighted by molar-refractivity contribution is -0.384. The van der Waals surface area contributed by atoms with Gasteiger partial charge >= 0.3 is 0 Å². The van der Waals surface area contributed by atoms with E-state index >= 15 is 0 Å². The Labute approximate surface area is 239 Å². The Morgan fingerprint density at radius 2 is 1.56 bits per heavy atom. The Bertz CT molecular complexity index is 1490. The number of hydrogen-bond acceptors (Lipinski definition) is 6. The van der Waals surface area contributed by atoms with Gasteiger partial charge in [-0.1, -0.05) is 36.4 Å². The quantitative estimate of drug-likeness (QED) is 0.224. The van der Waals surface area contributed by atoms with Gasteiger partial charge in [-0.25, -0.2) is 0 Å². The first-order valence-corrected chi connectivity index (χ1v) is 14.3. The van der Waals surface area contributed by atoms with Crippen molar-refractivity contribution in [1.82, 2.24) is 9.80 Å². The lowest BCUT2D eigenvalue weighted by Crippen LogP contribution is -2.34. The molecule has 0 radical (unpaired) electrons. The number of amides is 2. The third-order valence-corrected chi connectivity index (χ3v) is 8.19. The number of rotatable bonds is 8. The largest absolute Gasteiger partial charge is 0.338 e. The second-order valence-electron chi connectivity index (χ2n) is 11.1. The summed E-state index contributed by atoms with van der Waals surface area (Å²) in [4.78, 5) is 46.0. The van der Waals surface area contributed by atoms with Gasteiger partial charge < -0.3 is 10.2 Å². The average Bonchev–Trinajstić information content (AvgIpc) is 3.61. The highest BCUT2D eigenvalue weighted by atomic mass is 16.6. The number of hydrogen-bond donors (Lipinski definition) is 1. The monoisotopic (exact) mass is 551 g/mol. The molecule has 1 unspecified atom stereocenters. The van der Waals surface area contributed by atoms with Crippen LogP contribution in [0.1, 0.15) is 60.3 Å². The fraction of sp³-hybridized carbons (Fsp3) is 0.344. The number of likely N-dealkylation sites (tertiary alicyclic amines) is 2. The number of benzene rings is 3. The molecule has 9 heteroatoms. The standard InChI is InChI=1S/C32H33N5O4/c38-29-5-1-2-18-36(29)21-23-6-10-24(11-7-23)31(30-27-19-26(37(40)41)14-15-28(27)34-32(30)39)33-25-12-8-22(9-13-25)20-35-16-3-4-17-35/h6-15,19,30H,1-5,16-18,20-21H2,(H,34,39). The van der Waals surface area contributed by atoms with Gasteiger partial charge in [0.2, 0.25) is 11.8 Å². The molecule has 3 aromatic carbocycles. The predicted octanol–water partition coefficient (Wildman–Crippen LogP) is 5.56. The molecule has 3 aliphatic rings. The molecule has 0 bridgehead atoms. The van der Waals surface area contributed by atoms with Crippen LogP contribution < -0.4 is 5.32 Å². The van der Waals surface area contributed by atoms with E-state index < -0.39 is 10.8 Å². The first-order valence-electron chi connectivity index (χ1n) is 14.3. The van der Waals surface area contributed by atoms with E-state index in [-0.39, 0.29) is 17.5 Å². The average molecular weight is 552 g/mol. The first kappa shape index (κ1) is 26.8. The number of nitro benzene ring substituents is 1. The maximum Gasteiger partial charge on any atom is 0.269 e. The highest BCUT2D eigenvalue weighted by Crippen LogP contribution is 2.38. The summed E-state index contributed by atoms with van der Waals surface area (Å²) >= 11 is 0. The zero-order valence-corrected chi connectivity index (χ0v) is 22.9. The highest BCUT2D eigenvalue weighted by molar-refractivity contribution is 6.24. The van der Waals surface area contributed by atoms with E-state index in [1.807, 2.05) is 41.3 Å². The number of nitrogens with one attached hydrogen (secondary N) is 1. The van der Waals surface area contributed by atoms with Gasteiger partial charge in [0.05, 0.1) is 16.3 Å². The van der Waals surface area contributed by atoms with Crippen molar-refractivity contribution in [3.05, 3.63) is 99.1 Å². The minimum absolute atomic E-state index is 0.0718. The number of nitro groups is 1. The number of non-ortho nitro benzene ring substituents is 1. The van der Waals surface area contributed by atoms with E-state index in [1.165, 1.54) is 30.5 Å². The molecular formula is C32H33N5O4. The lowest BCUT2D eigenvalue weighted by Gasteiger charge is -2.26. The van der Waals surface area contributed by atoms with Gasteiger partial charge in [-0.15, -0.1) is 0 Å². The van der Waals surface area contributed by atoms with Gasteiger partial charge in [0.1, 0.15) is 5.92 Å².